The van der Waals surface area contributed by atoms with Crippen LogP contribution in [0.2, 0.25) is 0 Å². The van der Waals surface area contributed by atoms with E-state index in [0.29, 0.717) is 12.8 Å². The lowest BCUT2D eigenvalue weighted by Crippen LogP contribution is -2.49. The Hall–Kier alpha value is -0.660. The molecular weight excluding hydrogens is 232 g/mol. The van der Waals surface area contributed by atoms with Gasteiger partial charge in [-0.2, -0.15) is 4.72 Å². The Morgan fingerprint density at radius 3 is 2.38 bits per heavy atom. The Morgan fingerprint density at radius 1 is 1.38 bits per heavy atom. The highest BCUT2D eigenvalue weighted by Crippen LogP contribution is 2.23. The lowest BCUT2D eigenvalue weighted by atomic mass is 10.0. The number of carboxylic acid groups (broad SMARTS) is 1. The number of nitrogens with two attached hydrogens (primary N) is 1. The molecule has 1 fully saturated rings. The zero-order chi connectivity index (χ0) is 12.2. The van der Waals surface area contributed by atoms with E-state index in [1.165, 1.54) is 0 Å². The van der Waals surface area contributed by atoms with Gasteiger partial charge in [0.05, 0.1) is 5.25 Å². The van der Waals surface area contributed by atoms with Crippen molar-refractivity contribution in [1.29, 1.82) is 0 Å². The number of nitrogens with one attached hydrogen (secondary N) is 1. The molecule has 1 rings (SSSR count). The largest absolute Gasteiger partial charge is 0.480 e. The first-order valence-corrected chi connectivity index (χ1v) is 6.96. The molecule has 0 aliphatic heterocycles. The van der Waals surface area contributed by atoms with Gasteiger partial charge in [0.2, 0.25) is 10.0 Å². The molecule has 1 aliphatic carbocycles. The van der Waals surface area contributed by atoms with Crippen molar-refractivity contribution in [2.24, 2.45) is 5.73 Å². The molecule has 0 aromatic rings. The summed E-state index contributed by atoms with van der Waals surface area (Å²) in [6.45, 7) is -0.235. The average Bonchev–Trinajstić information content (AvgIpc) is 2.27. The van der Waals surface area contributed by atoms with Crippen molar-refractivity contribution in [3.63, 3.8) is 0 Å². The minimum absolute atomic E-state index is 0.235. The minimum atomic E-state index is -3.55. The molecule has 0 radical (unpaired) electrons. The van der Waals surface area contributed by atoms with Crippen LogP contribution < -0.4 is 10.5 Å². The third-order valence-electron chi connectivity index (χ3n) is 2.83. The van der Waals surface area contributed by atoms with E-state index in [2.05, 4.69) is 4.72 Å². The van der Waals surface area contributed by atoms with Crippen molar-refractivity contribution < 1.29 is 18.3 Å². The lowest BCUT2D eigenvalue weighted by molar-refractivity contribution is -0.138. The van der Waals surface area contributed by atoms with Crippen LogP contribution in [0.1, 0.15) is 32.1 Å². The number of carboxylic acids is 1. The molecule has 4 N–H and O–H groups in total. The maximum atomic E-state index is 11.8. The van der Waals surface area contributed by atoms with Crippen molar-refractivity contribution in [3.8, 4) is 0 Å². The maximum Gasteiger partial charge on any atom is 0.323 e. The summed E-state index contributed by atoms with van der Waals surface area (Å²) in [7, 11) is -3.55. The third kappa shape index (κ3) is 3.43. The number of hydrogen-bond donors (Lipinski definition) is 3. The number of aliphatic carboxylic acids is 1. The second-order valence-electron chi connectivity index (χ2n) is 4.05. The van der Waals surface area contributed by atoms with Crippen molar-refractivity contribution in [1.82, 2.24) is 4.72 Å². The summed E-state index contributed by atoms with van der Waals surface area (Å²) >= 11 is 0. The Morgan fingerprint density at radius 2 is 1.94 bits per heavy atom. The molecule has 1 unspecified atom stereocenters. The van der Waals surface area contributed by atoms with E-state index in [0.717, 1.165) is 19.3 Å². The number of rotatable bonds is 5. The van der Waals surface area contributed by atoms with Crippen LogP contribution in [0.15, 0.2) is 0 Å². The molecule has 6 nitrogen and oxygen atoms in total. The Bertz CT molecular complexity index is 335. The molecule has 0 heterocycles. The van der Waals surface area contributed by atoms with Gasteiger partial charge in [0.25, 0.3) is 0 Å². The fraction of sp³-hybridized carbons (Fsp3) is 0.889. The predicted octanol–water partition coefficient (Wildman–Crippen LogP) is -0.350. The Balaban J connectivity index is 2.65. The molecule has 7 heteroatoms. The van der Waals surface area contributed by atoms with E-state index < -0.39 is 27.3 Å². The summed E-state index contributed by atoms with van der Waals surface area (Å²) in [6.07, 6.45) is 4.02. The summed E-state index contributed by atoms with van der Waals surface area (Å²) in [6, 6.07) is -1.22. The molecule has 1 atom stereocenters. The highest BCUT2D eigenvalue weighted by Gasteiger charge is 2.31. The second-order valence-corrected chi connectivity index (χ2v) is 6.04. The van der Waals surface area contributed by atoms with Gasteiger partial charge < -0.3 is 10.8 Å². The van der Waals surface area contributed by atoms with E-state index in [1.54, 1.807) is 0 Å². The summed E-state index contributed by atoms with van der Waals surface area (Å²) in [5, 5.41) is 8.26. The summed E-state index contributed by atoms with van der Waals surface area (Å²) in [4.78, 5) is 10.7. The average molecular weight is 250 g/mol. The van der Waals surface area contributed by atoms with Gasteiger partial charge in [-0.3, -0.25) is 4.79 Å². The summed E-state index contributed by atoms with van der Waals surface area (Å²) in [5.74, 6) is -1.23. The van der Waals surface area contributed by atoms with E-state index in [4.69, 9.17) is 10.8 Å². The predicted molar refractivity (Wildman–Crippen MR) is 59.4 cm³/mol. The highest BCUT2D eigenvalue weighted by atomic mass is 32.2. The molecule has 0 bridgehead atoms. The molecule has 0 saturated heterocycles. The van der Waals surface area contributed by atoms with Gasteiger partial charge in [0.15, 0.2) is 0 Å². The molecular formula is C9H18N2O4S. The smallest absolute Gasteiger partial charge is 0.323 e. The van der Waals surface area contributed by atoms with Crippen LogP contribution in [-0.4, -0.2) is 37.3 Å². The maximum absolute atomic E-state index is 11.8. The Labute approximate surface area is 95.3 Å². The van der Waals surface area contributed by atoms with Gasteiger partial charge in [-0.15, -0.1) is 0 Å². The zero-order valence-corrected chi connectivity index (χ0v) is 9.87. The van der Waals surface area contributed by atoms with Gasteiger partial charge in [0.1, 0.15) is 6.04 Å². The van der Waals surface area contributed by atoms with Crippen LogP contribution in [-0.2, 0) is 14.8 Å². The van der Waals surface area contributed by atoms with E-state index in [1.807, 2.05) is 0 Å². The molecule has 1 saturated carbocycles. The van der Waals surface area contributed by atoms with Crippen molar-refractivity contribution in [3.05, 3.63) is 0 Å². The summed E-state index contributed by atoms with van der Waals surface area (Å²) in [5.41, 5.74) is 5.20. The van der Waals surface area contributed by atoms with Gasteiger partial charge in [-0.05, 0) is 12.8 Å². The van der Waals surface area contributed by atoms with Crippen LogP contribution in [0, 0.1) is 0 Å². The van der Waals surface area contributed by atoms with Gasteiger partial charge in [-0.25, -0.2) is 8.42 Å². The molecule has 94 valence electrons. The molecule has 1 aliphatic rings. The van der Waals surface area contributed by atoms with Gasteiger partial charge in [0, 0.05) is 6.54 Å². The second kappa shape index (κ2) is 5.60. The molecule has 0 aromatic carbocycles. The lowest BCUT2D eigenvalue weighted by Gasteiger charge is -2.23. The van der Waals surface area contributed by atoms with Crippen LogP contribution >= 0.6 is 0 Å². The number of carbonyl (C=O) groups is 1. The minimum Gasteiger partial charge on any atom is -0.480 e. The van der Waals surface area contributed by atoms with E-state index >= 15 is 0 Å². The SMILES string of the molecule is NCC(NS(=O)(=O)C1CCCCC1)C(=O)O. The number of hydrogen-bond acceptors (Lipinski definition) is 4. The fourth-order valence-electron chi connectivity index (χ4n) is 1.87. The van der Waals surface area contributed by atoms with Crippen LogP contribution in [0.5, 0.6) is 0 Å². The molecule has 0 spiro atoms. The normalized spacial score (nSPS) is 20.6. The first-order chi connectivity index (χ1) is 7.47. The van der Waals surface area contributed by atoms with Gasteiger partial charge in [-0.1, -0.05) is 19.3 Å². The zero-order valence-electron chi connectivity index (χ0n) is 9.05. The van der Waals surface area contributed by atoms with E-state index in [-0.39, 0.29) is 6.54 Å². The topological polar surface area (TPSA) is 109 Å². The van der Waals surface area contributed by atoms with Crippen LogP contribution in [0.25, 0.3) is 0 Å². The molecule has 0 aromatic heterocycles. The van der Waals surface area contributed by atoms with Crippen molar-refractivity contribution >= 4 is 16.0 Å². The summed E-state index contributed by atoms with van der Waals surface area (Å²) < 4.78 is 25.8. The third-order valence-corrected chi connectivity index (χ3v) is 4.79. The molecule has 16 heavy (non-hydrogen) atoms. The Kier molecular flexibility index (Phi) is 4.69. The number of sulfonamides is 1. The highest BCUT2D eigenvalue weighted by molar-refractivity contribution is 7.90. The molecule has 0 amide bonds. The van der Waals surface area contributed by atoms with Crippen LogP contribution in [0.3, 0.4) is 0 Å². The van der Waals surface area contributed by atoms with Gasteiger partial charge >= 0.3 is 5.97 Å². The van der Waals surface area contributed by atoms with Crippen molar-refractivity contribution in [2.45, 2.75) is 43.4 Å². The standard InChI is InChI=1S/C9H18N2O4S/c10-6-8(9(12)13)11-16(14,15)7-4-2-1-3-5-7/h7-8,11H,1-6,10H2,(H,12,13). The first kappa shape index (κ1) is 13.4. The fourth-order valence-corrected chi connectivity index (χ4v) is 3.61. The van der Waals surface area contributed by atoms with Crippen molar-refractivity contribution in [2.75, 3.05) is 6.54 Å². The van der Waals surface area contributed by atoms with E-state index in [9.17, 15) is 13.2 Å². The van der Waals surface area contributed by atoms with Crippen LogP contribution in [0.4, 0.5) is 0 Å². The quantitative estimate of drug-likeness (QED) is 0.618. The first-order valence-electron chi connectivity index (χ1n) is 5.41. The monoisotopic (exact) mass is 250 g/mol.